The van der Waals surface area contributed by atoms with Gasteiger partial charge in [0.2, 0.25) is 5.91 Å². The molecule has 1 fully saturated rings. The molecule has 1 aromatic rings. The topological polar surface area (TPSA) is 72.9 Å². The van der Waals surface area contributed by atoms with Gasteiger partial charge in [-0.25, -0.2) is 9.38 Å². The van der Waals surface area contributed by atoms with Crippen LogP contribution in [0.4, 0.5) is 4.39 Å². The Morgan fingerprint density at radius 3 is 2.89 bits per heavy atom. The molecule has 1 unspecified atom stereocenters. The van der Waals surface area contributed by atoms with Crippen LogP contribution in [-0.4, -0.2) is 73.0 Å². The molecule has 1 atom stereocenters. The first kappa shape index (κ1) is 23.5. The second-order valence-corrected chi connectivity index (χ2v) is 6.54. The number of guanidine groups is 1. The fourth-order valence-corrected chi connectivity index (χ4v) is 2.94. The van der Waals surface area contributed by atoms with Gasteiger partial charge < -0.3 is 15.5 Å². The average molecular weight is 492 g/mol. The summed E-state index contributed by atoms with van der Waals surface area (Å²) in [7, 11) is 3.41. The summed E-state index contributed by atoms with van der Waals surface area (Å²) in [5.41, 5.74) is 0.281. The summed E-state index contributed by atoms with van der Waals surface area (Å²) in [6.45, 7) is 5.27. The van der Waals surface area contributed by atoms with Gasteiger partial charge in [-0.1, -0.05) is 6.92 Å². The number of rotatable bonds is 7. The summed E-state index contributed by atoms with van der Waals surface area (Å²) in [6, 6.07) is 3.36. The van der Waals surface area contributed by atoms with Gasteiger partial charge in [-0.2, -0.15) is 0 Å². The number of nitrogens with zero attached hydrogens (tertiary/aromatic N) is 4. The number of halogens is 2. The highest BCUT2D eigenvalue weighted by Crippen LogP contribution is 2.15. The number of aliphatic imine (C=N–C) groups is 1. The number of carbonyl (C=O) groups excluding carboxylic acids is 1. The number of hydrogen-bond donors (Lipinski definition) is 2. The molecule has 7 nitrogen and oxygen atoms in total. The molecule has 1 aliphatic heterocycles. The van der Waals surface area contributed by atoms with Gasteiger partial charge in [0, 0.05) is 32.9 Å². The summed E-state index contributed by atoms with van der Waals surface area (Å²) in [5, 5.41) is 6.31. The van der Waals surface area contributed by atoms with E-state index in [1.165, 1.54) is 17.4 Å². The third-order valence-electron chi connectivity index (χ3n) is 4.54. The maximum Gasteiger partial charge on any atom is 0.241 e. The van der Waals surface area contributed by atoms with Crippen molar-refractivity contribution in [3.05, 3.63) is 29.8 Å². The Bertz CT molecular complexity index is 628. The van der Waals surface area contributed by atoms with Crippen molar-refractivity contribution in [3.63, 3.8) is 0 Å². The molecule has 0 aromatic carbocycles. The molecule has 2 N–H and O–H groups in total. The molecule has 1 saturated heterocycles. The summed E-state index contributed by atoms with van der Waals surface area (Å²) >= 11 is 0. The molecule has 0 aliphatic carbocycles. The Morgan fingerprint density at radius 2 is 2.22 bits per heavy atom. The van der Waals surface area contributed by atoms with E-state index in [9.17, 15) is 9.18 Å². The third-order valence-corrected chi connectivity index (χ3v) is 4.54. The van der Waals surface area contributed by atoms with Crippen LogP contribution in [0.15, 0.2) is 23.3 Å². The van der Waals surface area contributed by atoms with Gasteiger partial charge in [0.05, 0.1) is 18.8 Å². The molecule has 9 heteroatoms. The van der Waals surface area contributed by atoms with Gasteiger partial charge in [-0.15, -0.1) is 24.0 Å². The van der Waals surface area contributed by atoms with Crippen LogP contribution in [0.1, 0.15) is 25.5 Å². The lowest BCUT2D eigenvalue weighted by atomic mass is 10.2. The first-order chi connectivity index (χ1) is 12.5. The zero-order chi connectivity index (χ0) is 18.9. The normalized spacial score (nSPS) is 17.3. The van der Waals surface area contributed by atoms with Crippen molar-refractivity contribution >= 4 is 35.8 Å². The lowest BCUT2D eigenvalue weighted by molar-refractivity contribution is -0.127. The number of amides is 1. The molecule has 1 amide bonds. The SMILES string of the molecule is CCN1CCCC1CNC(=NCc1ncccc1F)NCC(=O)N(C)C.I. The second-order valence-electron chi connectivity index (χ2n) is 6.54. The first-order valence-corrected chi connectivity index (χ1v) is 9.07. The second kappa shape index (κ2) is 12.1. The molecule has 1 aromatic heterocycles. The molecule has 0 saturated carbocycles. The zero-order valence-electron chi connectivity index (χ0n) is 16.2. The molecule has 0 spiro atoms. The third kappa shape index (κ3) is 7.57. The fraction of sp³-hybridized carbons (Fsp3) is 0.611. The van der Waals surface area contributed by atoms with Gasteiger partial charge in [-0.3, -0.25) is 14.7 Å². The molecule has 27 heavy (non-hydrogen) atoms. The maximum absolute atomic E-state index is 13.7. The Labute approximate surface area is 177 Å². The Balaban J connectivity index is 0.00000364. The minimum atomic E-state index is -0.382. The van der Waals surface area contributed by atoms with E-state index in [-0.39, 0.29) is 54.5 Å². The van der Waals surface area contributed by atoms with Crippen LogP contribution in [0.25, 0.3) is 0 Å². The van der Waals surface area contributed by atoms with Crippen LogP contribution in [0, 0.1) is 5.82 Å². The highest BCUT2D eigenvalue weighted by molar-refractivity contribution is 14.0. The summed E-state index contributed by atoms with van der Waals surface area (Å²) in [6.07, 6.45) is 3.87. The number of likely N-dealkylation sites (N-methyl/N-ethyl adjacent to an activating group) is 2. The van der Waals surface area contributed by atoms with Crippen LogP contribution < -0.4 is 10.6 Å². The van der Waals surface area contributed by atoms with Crippen molar-refractivity contribution in [2.24, 2.45) is 4.99 Å². The summed E-state index contributed by atoms with van der Waals surface area (Å²) in [5.74, 6) is 0.0562. The monoisotopic (exact) mass is 492 g/mol. The van der Waals surface area contributed by atoms with Crippen LogP contribution in [0.5, 0.6) is 0 Å². The van der Waals surface area contributed by atoms with Crippen molar-refractivity contribution < 1.29 is 9.18 Å². The minimum absolute atomic E-state index is 0. The van der Waals surface area contributed by atoms with Crippen LogP contribution in [0.2, 0.25) is 0 Å². The lowest BCUT2D eigenvalue weighted by Crippen LogP contribution is -2.47. The molecule has 2 rings (SSSR count). The molecule has 1 aliphatic rings. The van der Waals surface area contributed by atoms with Crippen molar-refractivity contribution in [2.75, 3.05) is 40.3 Å². The molecule has 0 radical (unpaired) electrons. The number of likely N-dealkylation sites (tertiary alicyclic amines) is 1. The number of hydrogen-bond acceptors (Lipinski definition) is 4. The Kier molecular flexibility index (Phi) is 10.5. The molecule has 0 bridgehead atoms. The first-order valence-electron chi connectivity index (χ1n) is 9.07. The largest absolute Gasteiger partial charge is 0.355 e. The highest BCUT2D eigenvalue weighted by Gasteiger charge is 2.22. The number of carbonyl (C=O) groups is 1. The smallest absolute Gasteiger partial charge is 0.241 e. The molecule has 2 heterocycles. The van der Waals surface area contributed by atoms with Gasteiger partial charge in [-0.05, 0) is 38.1 Å². The molecule has 152 valence electrons. The van der Waals surface area contributed by atoms with E-state index >= 15 is 0 Å². The van der Waals surface area contributed by atoms with E-state index in [4.69, 9.17) is 0 Å². The lowest BCUT2D eigenvalue weighted by Gasteiger charge is -2.24. The quantitative estimate of drug-likeness (QED) is 0.343. The van der Waals surface area contributed by atoms with E-state index in [1.807, 2.05) is 0 Å². The summed E-state index contributed by atoms with van der Waals surface area (Å²) < 4.78 is 13.7. The number of nitrogens with one attached hydrogen (secondary N) is 2. The van der Waals surface area contributed by atoms with Crippen molar-refractivity contribution in [2.45, 2.75) is 32.4 Å². The van der Waals surface area contributed by atoms with Crippen LogP contribution in [-0.2, 0) is 11.3 Å². The van der Waals surface area contributed by atoms with E-state index in [1.54, 1.807) is 26.4 Å². The highest BCUT2D eigenvalue weighted by atomic mass is 127. The summed E-state index contributed by atoms with van der Waals surface area (Å²) in [4.78, 5) is 24.2. The standard InChI is InChI=1S/C18H29FN6O.HI/c1-4-25-10-6-7-14(25)11-21-18(23-13-17(26)24(2)3)22-12-16-15(19)8-5-9-20-16;/h5,8-9,14H,4,6-7,10-13H2,1-3H3,(H2,21,22,23);1H. The van der Waals surface area contributed by atoms with E-state index in [2.05, 4.69) is 32.4 Å². The van der Waals surface area contributed by atoms with E-state index in [0.29, 0.717) is 12.0 Å². The maximum atomic E-state index is 13.7. The van der Waals surface area contributed by atoms with Gasteiger partial charge in [0.25, 0.3) is 0 Å². The van der Waals surface area contributed by atoms with Crippen molar-refractivity contribution in [1.82, 2.24) is 25.4 Å². The minimum Gasteiger partial charge on any atom is -0.355 e. The fourth-order valence-electron chi connectivity index (χ4n) is 2.94. The zero-order valence-corrected chi connectivity index (χ0v) is 18.6. The predicted molar refractivity (Wildman–Crippen MR) is 116 cm³/mol. The Morgan fingerprint density at radius 1 is 1.44 bits per heavy atom. The number of aromatic nitrogens is 1. The Hall–Kier alpha value is -1.49. The number of pyridine rings is 1. The van der Waals surface area contributed by atoms with Crippen molar-refractivity contribution in [3.8, 4) is 0 Å². The van der Waals surface area contributed by atoms with Gasteiger partial charge in [0.1, 0.15) is 5.82 Å². The van der Waals surface area contributed by atoms with Crippen LogP contribution in [0.3, 0.4) is 0 Å². The average Bonchev–Trinajstić information content (AvgIpc) is 3.09. The van der Waals surface area contributed by atoms with E-state index < -0.39 is 0 Å². The van der Waals surface area contributed by atoms with Gasteiger partial charge >= 0.3 is 0 Å². The molecular weight excluding hydrogens is 462 g/mol. The van der Waals surface area contributed by atoms with Crippen molar-refractivity contribution in [1.29, 1.82) is 0 Å². The predicted octanol–water partition coefficient (Wildman–Crippen LogP) is 1.45. The molecular formula is C18H30FIN6O. The van der Waals surface area contributed by atoms with Crippen LogP contribution >= 0.6 is 24.0 Å². The van der Waals surface area contributed by atoms with Gasteiger partial charge in [0.15, 0.2) is 5.96 Å². The van der Waals surface area contributed by atoms with E-state index in [0.717, 1.165) is 26.1 Å².